The van der Waals surface area contributed by atoms with E-state index in [1.165, 1.54) is 0 Å². The van der Waals surface area contributed by atoms with Gasteiger partial charge in [0.05, 0.1) is 6.07 Å². The molecule has 18 heavy (non-hydrogen) atoms. The highest BCUT2D eigenvalue weighted by atomic mass is 35.5. The van der Waals surface area contributed by atoms with Crippen molar-refractivity contribution in [3.05, 3.63) is 59.4 Å². The minimum Gasteiger partial charge on any atom is -0.354 e. The summed E-state index contributed by atoms with van der Waals surface area (Å²) in [7, 11) is 0. The molecule has 2 rings (SSSR count). The minimum atomic E-state index is 0.340. The van der Waals surface area contributed by atoms with Gasteiger partial charge in [0.25, 0.3) is 0 Å². The highest BCUT2D eigenvalue weighted by molar-refractivity contribution is 6.29. The van der Waals surface area contributed by atoms with Crippen LogP contribution in [0.3, 0.4) is 0 Å². The summed E-state index contributed by atoms with van der Waals surface area (Å²) in [5, 5.41) is 9.37. The topological polar surface area (TPSA) is 39.9 Å². The largest absolute Gasteiger partial charge is 0.354 e. The molecule has 1 aromatic carbocycles. The van der Waals surface area contributed by atoms with Crippen LogP contribution in [0.4, 0.5) is 5.69 Å². The van der Waals surface area contributed by atoms with E-state index in [2.05, 4.69) is 11.1 Å². The Morgan fingerprint density at radius 1 is 1.17 bits per heavy atom. The third-order valence-corrected chi connectivity index (χ3v) is 2.77. The summed E-state index contributed by atoms with van der Waals surface area (Å²) in [5.41, 5.74) is 2.05. The maximum absolute atomic E-state index is 8.89. The summed E-state index contributed by atoms with van der Waals surface area (Å²) < 4.78 is 0. The third-order valence-electron chi connectivity index (χ3n) is 2.54. The van der Waals surface area contributed by atoms with E-state index >= 15 is 0 Å². The molecule has 0 aliphatic heterocycles. The fourth-order valence-electron chi connectivity index (χ4n) is 1.68. The number of nitrogens with zero attached hydrogens (tertiary/aromatic N) is 3. The van der Waals surface area contributed by atoms with E-state index in [1.54, 1.807) is 12.3 Å². The van der Waals surface area contributed by atoms with Gasteiger partial charge in [0.1, 0.15) is 11.7 Å². The molecule has 1 heterocycles. The Morgan fingerprint density at radius 2 is 1.94 bits per heavy atom. The van der Waals surface area contributed by atoms with Crippen LogP contribution in [0.1, 0.15) is 5.56 Å². The number of rotatable bonds is 4. The SMILES string of the molecule is N#CCN(Cc1ccc(Cl)nc1)c1ccccc1. The van der Waals surface area contributed by atoms with Crippen molar-refractivity contribution in [2.45, 2.75) is 6.54 Å². The average molecular weight is 258 g/mol. The molecule has 0 radical (unpaired) electrons. The highest BCUT2D eigenvalue weighted by Crippen LogP contribution is 2.16. The first kappa shape index (κ1) is 12.4. The van der Waals surface area contributed by atoms with E-state index in [0.29, 0.717) is 18.2 Å². The van der Waals surface area contributed by atoms with Gasteiger partial charge in [-0.05, 0) is 23.8 Å². The van der Waals surface area contributed by atoms with Crippen LogP contribution in [0, 0.1) is 11.3 Å². The molecule has 0 unspecified atom stereocenters. The molecule has 0 fully saturated rings. The quantitative estimate of drug-likeness (QED) is 0.623. The van der Waals surface area contributed by atoms with Crippen molar-refractivity contribution in [2.75, 3.05) is 11.4 Å². The second-order valence-electron chi connectivity index (χ2n) is 3.84. The molecule has 0 atom stereocenters. The molecule has 3 nitrogen and oxygen atoms in total. The van der Waals surface area contributed by atoms with Crippen LogP contribution >= 0.6 is 11.6 Å². The summed E-state index contributed by atoms with van der Waals surface area (Å²) in [6.45, 7) is 0.981. The molecule has 0 bridgehead atoms. The van der Waals surface area contributed by atoms with Crippen LogP contribution in [0.2, 0.25) is 5.15 Å². The summed E-state index contributed by atoms with van der Waals surface area (Å²) >= 11 is 5.75. The van der Waals surface area contributed by atoms with E-state index < -0.39 is 0 Å². The Hall–Kier alpha value is -2.05. The van der Waals surface area contributed by atoms with Crippen molar-refractivity contribution in [3.63, 3.8) is 0 Å². The van der Waals surface area contributed by atoms with Gasteiger partial charge in [-0.25, -0.2) is 4.98 Å². The molecule has 90 valence electrons. The number of benzene rings is 1. The molecule has 0 aliphatic carbocycles. The first-order chi connectivity index (χ1) is 8.79. The lowest BCUT2D eigenvalue weighted by Crippen LogP contribution is -2.22. The Bertz CT molecular complexity index is 531. The van der Waals surface area contributed by atoms with Gasteiger partial charge in [-0.3, -0.25) is 0 Å². The predicted molar refractivity (Wildman–Crippen MR) is 72.4 cm³/mol. The zero-order valence-corrected chi connectivity index (χ0v) is 10.5. The lowest BCUT2D eigenvalue weighted by molar-refractivity contribution is 0.867. The molecule has 0 amide bonds. The lowest BCUT2D eigenvalue weighted by atomic mass is 10.2. The van der Waals surface area contributed by atoms with Gasteiger partial charge >= 0.3 is 0 Å². The summed E-state index contributed by atoms with van der Waals surface area (Å²) in [6, 6.07) is 15.7. The predicted octanol–water partition coefficient (Wildman–Crippen LogP) is 3.27. The van der Waals surface area contributed by atoms with Crippen LogP contribution < -0.4 is 4.90 Å². The Labute approximate surface area is 111 Å². The number of nitriles is 1. The zero-order chi connectivity index (χ0) is 12.8. The van der Waals surface area contributed by atoms with Crippen LogP contribution in [-0.4, -0.2) is 11.5 Å². The van der Waals surface area contributed by atoms with E-state index in [4.69, 9.17) is 16.9 Å². The van der Waals surface area contributed by atoms with Crippen LogP contribution in [-0.2, 0) is 6.54 Å². The van der Waals surface area contributed by atoms with Crippen molar-refractivity contribution in [2.24, 2.45) is 0 Å². The van der Waals surface area contributed by atoms with Gasteiger partial charge in [0.2, 0.25) is 0 Å². The van der Waals surface area contributed by atoms with E-state index in [-0.39, 0.29) is 0 Å². The van der Waals surface area contributed by atoms with Crippen LogP contribution in [0.5, 0.6) is 0 Å². The van der Waals surface area contributed by atoms with Crippen molar-refractivity contribution in [1.29, 1.82) is 5.26 Å². The number of para-hydroxylation sites is 1. The van der Waals surface area contributed by atoms with Crippen molar-refractivity contribution < 1.29 is 0 Å². The first-order valence-electron chi connectivity index (χ1n) is 5.57. The standard InChI is InChI=1S/C14H12ClN3/c15-14-7-6-12(10-17-14)11-18(9-8-16)13-4-2-1-3-5-13/h1-7,10H,9,11H2. The molecular formula is C14H12ClN3. The molecule has 0 aliphatic rings. The van der Waals surface area contributed by atoms with E-state index in [0.717, 1.165) is 11.3 Å². The molecule has 0 N–H and O–H groups in total. The minimum absolute atomic E-state index is 0.340. The Kier molecular flexibility index (Phi) is 4.16. The first-order valence-corrected chi connectivity index (χ1v) is 5.95. The second-order valence-corrected chi connectivity index (χ2v) is 4.23. The number of hydrogen-bond donors (Lipinski definition) is 0. The maximum atomic E-state index is 8.89. The van der Waals surface area contributed by atoms with E-state index in [1.807, 2.05) is 41.3 Å². The number of hydrogen-bond acceptors (Lipinski definition) is 3. The van der Waals surface area contributed by atoms with Gasteiger partial charge < -0.3 is 4.90 Å². The molecule has 0 spiro atoms. The monoisotopic (exact) mass is 257 g/mol. The summed E-state index contributed by atoms with van der Waals surface area (Å²) in [6.07, 6.45) is 1.73. The Balaban J connectivity index is 2.17. The molecular weight excluding hydrogens is 246 g/mol. The van der Waals surface area contributed by atoms with Crippen molar-refractivity contribution in [1.82, 2.24) is 4.98 Å². The fraction of sp³-hybridized carbons (Fsp3) is 0.143. The number of anilines is 1. The maximum Gasteiger partial charge on any atom is 0.129 e. The third kappa shape index (κ3) is 3.22. The van der Waals surface area contributed by atoms with Crippen LogP contribution in [0.15, 0.2) is 48.7 Å². The van der Waals surface area contributed by atoms with Crippen molar-refractivity contribution in [3.8, 4) is 6.07 Å². The summed E-state index contributed by atoms with van der Waals surface area (Å²) in [5.74, 6) is 0. The zero-order valence-electron chi connectivity index (χ0n) is 9.75. The molecule has 2 aromatic rings. The molecule has 4 heteroatoms. The number of aromatic nitrogens is 1. The smallest absolute Gasteiger partial charge is 0.129 e. The second kappa shape index (κ2) is 6.04. The van der Waals surface area contributed by atoms with Gasteiger partial charge in [-0.2, -0.15) is 5.26 Å². The molecule has 0 saturated heterocycles. The average Bonchev–Trinajstić information content (AvgIpc) is 2.42. The van der Waals surface area contributed by atoms with Crippen LogP contribution in [0.25, 0.3) is 0 Å². The van der Waals surface area contributed by atoms with Crippen molar-refractivity contribution >= 4 is 17.3 Å². The molecule has 0 saturated carbocycles. The van der Waals surface area contributed by atoms with E-state index in [9.17, 15) is 0 Å². The van der Waals surface area contributed by atoms with Gasteiger partial charge in [-0.15, -0.1) is 0 Å². The fourth-order valence-corrected chi connectivity index (χ4v) is 1.79. The van der Waals surface area contributed by atoms with Gasteiger partial charge in [0, 0.05) is 18.4 Å². The molecule has 1 aromatic heterocycles. The summed E-state index contributed by atoms with van der Waals surface area (Å²) in [4.78, 5) is 6.03. The van der Waals surface area contributed by atoms with Gasteiger partial charge in [-0.1, -0.05) is 35.9 Å². The van der Waals surface area contributed by atoms with Gasteiger partial charge in [0.15, 0.2) is 0 Å². The highest BCUT2D eigenvalue weighted by Gasteiger charge is 2.06. The normalized spacial score (nSPS) is 9.78. The Morgan fingerprint density at radius 3 is 2.56 bits per heavy atom. The number of halogens is 1. The number of pyridine rings is 1. The lowest BCUT2D eigenvalue weighted by Gasteiger charge is -2.21.